The van der Waals surface area contributed by atoms with E-state index in [1.165, 1.54) is 11.0 Å². The number of likely N-dealkylation sites (tertiary alicyclic amines) is 1. The molecule has 4 saturated carbocycles. The molecule has 0 spiro atoms. The van der Waals surface area contributed by atoms with E-state index in [1.807, 2.05) is 4.90 Å². The molecule has 1 aliphatic heterocycles. The Morgan fingerprint density at radius 2 is 1.88 bits per heavy atom. The first kappa shape index (κ1) is 22.3. The van der Waals surface area contributed by atoms with Crippen molar-refractivity contribution < 1.29 is 27.9 Å². The van der Waals surface area contributed by atoms with Crippen molar-refractivity contribution in [2.45, 2.75) is 56.8 Å². The van der Waals surface area contributed by atoms with Crippen molar-refractivity contribution in [3.05, 3.63) is 23.9 Å². The molecule has 3 N–H and O–H groups in total. The fourth-order valence-corrected chi connectivity index (χ4v) is 7.76. The Bertz CT molecular complexity index is 937. The van der Waals surface area contributed by atoms with Gasteiger partial charge in [0.25, 0.3) is 0 Å². The lowest BCUT2D eigenvalue weighted by Crippen LogP contribution is -2.62. The van der Waals surface area contributed by atoms with E-state index in [0.717, 1.165) is 31.5 Å². The van der Waals surface area contributed by atoms with Crippen molar-refractivity contribution in [3.8, 4) is 0 Å². The highest BCUT2D eigenvalue weighted by molar-refractivity contribution is 5.81. The minimum atomic E-state index is -4.46. The molecule has 0 radical (unpaired) electrons. The summed E-state index contributed by atoms with van der Waals surface area (Å²) in [6.45, 7) is 0.371. The number of likely N-dealkylation sites (N-methyl/N-ethyl adjacent to an activating group) is 1. The summed E-state index contributed by atoms with van der Waals surface area (Å²) in [6.07, 6.45) is 0.183. The lowest BCUT2D eigenvalue weighted by atomic mass is 9.44. The number of hydrogen-bond acceptors (Lipinski definition) is 4. The normalized spacial score (nSPS) is 37.4. The van der Waals surface area contributed by atoms with Crippen LogP contribution >= 0.6 is 0 Å². The van der Waals surface area contributed by atoms with Gasteiger partial charge in [-0.3, -0.25) is 4.79 Å². The van der Waals surface area contributed by atoms with Crippen LogP contribution in [0.3, 0.4) is 0 Å². The Morgan fingerprint density at radius 3 is 2.39 bits per heavy atom. The number of carbonyl (C=O) groups is 2. The summed E-state index contributed by atoms with van der Waals surface area (Å²) in [5.41, 5.74) is 4.55. The molecule has 1 aromatic rings. The number of hydrogen-bond donors (Lipinski definition) is 2. The van der Waals surface area contributed by atoms with Crippen LogP contribution in [0, 0.1) is 29.1 Å². The number of aromatic nitrogens is 1. The minimum absolute atomic E-state index is 0.106. The summed E-state index contributed by atoms with van der Waals surface area (Å²) in [5.74, 6) is 1.18. The Morgan fingerprint density at radius 1 is 1.21 bits per heavy atom. The number of rotatable bonds is 4. The van der Waals surface area contributed by atoms with Crippen LogP contribution in [0.25, 0.3) is 0 Å². The van der Waals surface area contributed by atoms with Crippen molar-refractivity contribution in [2.24, 2.45) is 34.8 Å². The molecule has 1 aromatic heterocycles. The lowest BCUT2D eigenvalue weighted by Gasteiger charge is -2.61. The second-order valence-corrected chi connectivity index (χ2v) is 10.5. The average molecular weight is 467 g/mol. The van der Waals surface area contributed by atoms with Crippen molar-refractivity contribution in [3.63, 3.8) is 0 Å². The minimum Gasteiger partial charge on any atom is -0.465 e. The van der Waals surface area contributed by atoms with Gasteiger partial charge in [-0.05, 0) is 74.3 Å². The van der Waals surface area contributed by atoms with Crippen LogP contribution in [0.15, 0.2) is 18.3 Å². The summed E-state index contributed by atoms with van der Waals surface area (Å²) in [4.78, 5) is 31.9. The second kappa shape index (κ2) is 7.50. The van der Waals surface area contributed by atoms with Crippen LogP contribution in [0.2, 0.25) is 0 Å². The first-order valence-corrected chi connectivity index (χ1v) is 11.6. The van der Waals surface area contributed by atoms with Gasteiger partial charge in [0.05, 0.1) is 17.6 Å². The Labute approximate surface area is 190 Å². The van der Waals surface area contributed by atoms with E-state index in [0.29, 0.717) is 37.5 Å². The third-order valence-electron chi connectivity index (χ3n) is 8.86. The molecule has 7 atom stereocenters. The summed E-state index contributed by atoms with van der Waals surface area (Å²) >= 11 is 0. The molecule has 5 unspecified atom stereocenters. The van der Waals surface area contributed by atoms with Crippen LogP contribution in [0.1, 0.15) is 44.1 Å². The predicted molar refractivity (Wildman–Crippen MR) is 113 cm³/mol. The topological polar surface area (TPSA) is 99.8 Å². The van der Waals surface area contributed by atoms with E-state index >= 15 is 0 Å². The molecule has 4 aliphatic carbocycles. The summed E-state index contributed by atoms with van der Waals surface area (Å²) in [7, 11) is 1.78. The Hall–Kier alpha value is -2.52. The first-order valence-electron chi connectivity index (χ1n) is 11.6. The van der Waals surface area contributed by atoms with Gasteiger partial charge in [-0.1, -0.05) is 0 Å². The number of halogens is 3. The van der Waals surface area contributed by atoms with Crippen molar-refractivity contribution >= 4 is 17.8 Å². The molecule has 0 aromatic carbocycles. The van der Waals surface area contributed by atoms with Crippen molar-refractivity contribution in [1.29, 1.82) is 0 Å². The number of nitrogens with two attached hydrogens (primary N) is 1. The maximum Gasteiger partial charge on any atom is 0.417 e. The number of alkyl halides is 3. The van der Waals surface area contributed by atoms with E-state index in [9.17, 15) is 27.9 Å². The molecule has 5 aliphatic rings. The molecule has 4 bridgehead atoms. The molecule has 1 saturated heterocycles. The monoisotopic (exact) mass is 466 g/mol. The third-order valence-corrected chi connectivity index (χ3v) is 8.86. The van der Waals surface area contributed by atoms with Gasteiger partial charge in [0, 0.05) is 25.2 Å². The van der Waals surface area contributed by atoms with E-state index in [2.05, 4.69) is 4.98 Å². The Balaban J connectivity index is 1.45. The molecule has 10 heteroatoms. The average Bonchev–Trinajstić information content (AvgIpc) is 3.17. The number of pyridine rings is 1. The van der Waals surface area contributed by atoms with Crippen molar-refractivity contribution in [1.82, 2.24) is 9.88 Å². The largest absolute Gasteiger partial charge is 0.465 e. The quantitative estimate of drug-likeness (QED) is 0.707. The van der Waals surface area contributed by atoms with E-state index in [1.54, 1.807) is 7.05 Å². The highest BCUT2D eigenvalue weighted by Gasteiger charge is 2.61. The number of nitrogens with zero attached hydrogens (tertiary/aromatic N) is 3. The van der Waals surface area contributed by atoms with Gasteiger partial charge in [0.2, 0.25) is 5.91 Å². The fraction of sp³-hybridized carbons (Fsp3) is 0.696. The van der Waals surface area contributed by atoms with Crippen LogP contribution in [-0.4, -0.2) is 52.7 Å². The third kappa shape index (κ3) is 3.52. The zero-order valence-corrected chi connectivity index (χ0v) is 18.5. The molecule has 6 rings (SSSR count). The molecule has 7 nitrogen and oxygen atoms in total. The van der Waals surface area contributed by atoms with E-state index < -0.39 is 23.2 Å². The molecule has 33 heavy (non-hydrogen) atoms. The zero-order chi connectivity index (χ0) is 23.7. The van der Waals surface area contributed by atoms with Crippen LogP contribution in [-0.2, 0) is 11.0 Å². The van der Waals surface area contributed by atoms with Gasteiger partial charge in [0.15, 0.2) is 0 Å². The van der Waals surface area contributed by atoms with Crippen LogP contribution in [0.4, 0.5) is 23.8 Å². The number of amides is 2. The smallest absolute Gasteiger partial charge is 0.417 e. The van der Waals surface area contributed by atoms with Gasteiger partial charge in [-0.2, -0.15) is 13.2 Å². The fourth-order valence-electron chi connectivity index (χ4n) is 7.76. The summed E-state index contributed by atoms with van der Waals surface area (Å²) < 4.78 is 38.9. The van der Waals surface area contributed by atoms with Crippen LogP contribution in [0.5, 0.6) is 0 Å². The molecule has 5 fully saturated rings. The van der Waals surface area contributed by atoms with Gasteiger partial charge >= 0.3 is 12.3 Å². The van der Waals surface area contributed by atoms with Crippen molar-refractivity contribution in [2.75, 3.05) is 18.5 Å². The summed E-state index contributed by atoms with van der Waals surface area (Å²) in [5, 5.41) is 9.97. The highest BCUT2D eigenvalue weighted by Crippen LogP contribution is 2.64. The molecule has 2 amide bonds. The SMILES string of the molecule is CN(c1ccc(C(F)(F)F)cn1)C1CCN(C(=O)O)C1C1C2CC3C[C@H]1C[C@@](C(N)=O)(C3)C2. The standard InChI is InChI=1S/C23H29F3N4O3/c1-29(17-3-2-15(11-28-17)23(24,25)26)16-4-5-30(21(32)33)19(16)18-13-6-12-7-14(18)10-22(8-12,9-13)20(27)31/h2-3,11-14,16,18-19H,4-10H2,1H3,(H2,27,31)(H,32,33)/t12?,13-,14?,16?,18?,19?,22-/m0/s1. The van der Waals surface area contributed by atoms with E-state index in [4.69, 9.17) is 5.73 Å². The van der Waals surface area contributed by atoms with Gasteiger partial charge < -0.3 is 20.6 Å². The zero-order valence-electron chi connectivity index (χ0n) is 18.5. The Kier molecular flexibility index (Phi) is 5.06. The van der Waals surface area contributed by atoms with Gasteiger partial charge in [-0.25, -0.2) is 9.78 Å². The molecule has 2 heterocycles. The van der Waals surface area contributed by atoms with Gasteiger partial charge in [-0.15, -0.1) is 0 Å². The maximum absolute atomic E-state index is 13.0. The molecule has 180 valence electrons. The number of carboxylic acid groups (broad SMARTS) is 1. The summed E-state index contributed by atoms with van der Waals surface area (Å²) in [6, 6.07) is 1.87. The number of primary amides is 1. The lowest BCUT2D eigenvalue weighted by molar-refractivity contribution is -0.154. The van der Waals surface area contributed by atoms with Gasteiger partial charge in [0.1, 0.15) is 5.82 Å². The predicted octanol–water partition coefficient (Wildman–Crippen LogP) is 3.59. The number of anilines is 1. The molecular formula is C23H29F3N4O3. The second-order valence-electron chi connectivity index (χ2n) is 10.5. The highest BCUT2D eigenvalue weighted by atomic mass is 19.4. The van der Waals surface area contributed by atoms with E-state index in [-0.39, 0.29) is 35.7 Å². The first-order chi connectivity index (χ1) is 15.5. The van der Waals surface area contributed by atoms with Crippen LogP contribution < -0.4 is 10.6 Å². The molecular weight excluding hydrogens is 437 g/mol. The number of carbonyl (C=O) groups excluding carboxylic acids is 1. The maximum atomic E-state index is 13.0.